The Morgan fingerprint density at radius 1 is 1.24 bits per heavy atom. The Morgan fingerprint density at radius 3 is 2.69 bits per heavy atom. The number of piperidine rings is 1. The van der Waals surface area contributed by atoms with Crippen molar-refractivity contribution in [2.45, 2.75) is 32.6 Å². The molecular formula is C22H25FN4OS. The standard InChI is InChI=1S/C22H25FN4OS/c1-14-18(23)13-17-19(24)20(29-22(17)26-14)21(28)25-10-9-15-5-7-16(8-6-15)27-11-3-2-4-12-27/h5-8,13H,2-4,9-12,24H2,1H3,(H,25,28). The summed E-state index contributed by atoms with van der Waals surface area (Å²) in [6.07, 6.45) is 4.58. The lowest BCUT2D eigenvalue weighted by molar-refractivity contribution is 0.0959. The van der Waals surface area contributed by atoms with E-state index >= 15 is 0 Å². The van der Waals surface area contributed by atoms with E-state index in [1.54, 1.807) is 6.92 Å². The second-order valence-corrected chi connectivity index (χ2v) is 8.47. The number of hydrogen-bond donors (Lipinski definition) is 2. The third kappa shape index (κ3) is 4.19. The van der Waals surface area contributed by atoms with Gasteiger partial charge >= 0.3 is 0 Å². The molecule has 2 aromatic heterocycles. The van der Waals surface area contributed by atoms with Crippen LogP contribution < -0.4 is 16.0 Å². The van der Waals surface area contributed by atoms with Gasteiger partial charge in [0.25, 0.3) is 5.91 Å². The van der Waals surface area contributed by atoms with Gasteiger partial charge in [0.1, 0.15) is 15.5 Å². The van der Waals surface area contributed by atoms with Gasteiger partial charge in [0.05, 0.1) is 11.4 Å². The highest BCUT2D eigenvalue weighted by molar-refractivity contribution is 7.21. The molecule has 1 saturated heterocycles. The van der Waals surface area contributed by atoms with Gasteiger partial charge in [-0.2, -0.15) is 0 Å². The summed E-state index contributed by atoms with van der Waals surface area (Å²) in [6.45, 7) is 4.37. The number of hydrogen-bond acceptors (Lipinski definition) is 5. The smallest absolute Gasteiger partial charge is 0.263 e. The van der Waals surface area contributed by atoms with Crippen molar-refractivity contribution in [3.05, 3.63) is 52.3 Å². The Hall–Kier alpha value is -2.67. The van der Waals surface area contributed by atoms with Crippen molar-refractivity contribution in [3.8, 4) is 0 Å². The van der Waals surface area contributed by atoms with Crippen LogP contribution >= 0.6 is 11.3 Å². The summed E-state index contributed by atoms with van der Waals surface area (Å²) in [6, 6.07) is 9.92. The zero-order valence-corrected chi connectivity index (χ0v) is 17.3. The molecule has 7 heteroatoms. The first-order valence-electron chi connectivity index (χ1n) is 10.00. The van der Waals surface area contributed by atoms with Crippen molar-refractivity contribution in [1.82, 2.24) is 10.3 Å². The summed E-state index contributed by atoms with van der Waals surface area (Å²) in [5.74, 6) is -0.657. The number of nitrogen functional groups attached to an aromatic ring is 1. The Morgan fingerprint density at radius 2 is 1.97 bits per heavy atom. The molecule has 152 valence electrons. The first kappa shape index (κ1) is 19.6. The number of fused-ring (bicyclic) bond motifs is 1. The molecule has 0 aliphatic carbocycles. The summed E-state index contributed by atoms with van der Waals surface area (Å²) < 4.78 is 13.8. The van der Waals surface area contributed by atoms with E-state index in [9.17, 15) is 9.18 Å². The van der Waals surface area contributed by atoms with Gasteiger partial charge in [-0.25, -0.2) is 9.37 Å². The number of nitrogens with zero attached hydrogens (tertiary/aromatic N) is 2. The zero-order valence-electron chi connectivity index (χ0n) is 16.5. The third-order valence-corrected chi connectivity index (χ3v) is 6.53. The van der Waals surface area contributed by atoms with Gasteiger partial charge in [-0.3, -0.25) is 4.79 Å². The minimum atomic E-state index is -0.415. The maximum Gasteiger partial charge on any atom is 0.263 e. The van der Waals surface area contributed by atoms with Crippen molar-refractivity contribution >= 4 is 38.8 Å². The average Bonchev–Trinajstić information content (AvgIpc) is 3.05. The maximum atomic E-state index is 13.8. The first-order chi connectivity index (χ1) is 14.0. The molecule has 1 aromatic carbocycles. The molecule has 1 fully saturated rings. The van der Waals surface area contributed by atoms with Crippen LogP contribution in [-0.4, -0.2) is 30.5 Å². The van der Waals surface area contributed by atoms with Gasteiger partial charge in [-0.05, 0) is 56.4 Å². The summed E-state index contributed by atoms with van der Waals surface area (Å²) >= 11 is 1.20. The molecule has 29 heavy (non-hydrogen) atoms. The molecule has 3 heterocycles. The van der Waals surface area contributed by atoms with E-state index in [0.29, 0.717) is 33.0 Å². The highest BCUT2D eigenvalue weighted by Gasteiger charge is 2.18. The van der Waals surface area contributed by atoms with E-state index < -0.39 is 5.82 Å². The van der Waals surface area contributed by atoms with Crippen LogP contribution in [0.5, 0.6) is 0 Å². The lowest BCUT2D eigenvalue weighted by atomic mass is 10.1. The van der Waals surface area contributed by atoms with Gasteiger partial charge in [-0.15, -0.1) is 11.3 Å². The lowest BCUT2D eigenvalue weighted by Gasteiger charge is -2.28. The number of halogens is 1. The topological polar surface area (TPSA) is 71.2 Å². The van der Waals surface area contributed by atoms with Gasteiger partial charge < -0.3 is 16.0 Å². The van der Waals surface area contributed by atoms with Crippen molar-refractivity contribution < 1.29 is 9.18 Å². The molecular weight excluding hydrogens is 387 g/mol. The number of rotatable bonds is 5. The molecule has 0 bridgehead atoms. The van der Waals surface area contributed by atoms with Gasteiger partial charge in [0.2, 0.25) is 0 Å². The molecule has 1 aliphatic heterocycles. The minimum absolute atomic E-state index is 0.242. The number of carbonyl (C=O) groups excluding carboxylic acids is 1. The fraction of sp³-hybridized carbons (Fsp3) is 0.364. The summed E-state index contributed by atoms with van der Waals surface area (Å²) in [4.78, 5) is 20.1. The monoisotopic (exact) mass is 412 g/mol. The number of aromatic nitrogens is 1. The molecule has 1 amide bonds. The normalized spacial score (nSPS) is 14.3. The minimum Gasteiger partial charge on any atom is -0.397 e. The average molecular weight is 413 g/mol. The van der Waals surface area contributed by atoms with Gasteiger partial charge in [-0.1, -0.05) is 12.1 Å². The molecule has 0 saturated carbocycles. The summed E-state index contributed by atoms with van der Waals surface area (Å²) in [5.41, 5.74) is 9.11. The molecule has 0 atom stereocenters. The first-order valence-corrected chi connectivity index (χ1v) is 10.8. The number of pyridine rings is 1. The number of aryl methyl sites for hydroxylation is 1. The second kappa shape index (κ2) is 8.37. The maximum absolute atomic E-state index is 13.8. The van der Waals surface area contributed by atoms with Crippen LogP contribution in [0.1, 0.15) is 40.2 Å². The predicted molar refractivity (Wildman–Crippen MR) is 117 cm³/mol. The number of carbonyl (C=O) groups is 1. The molecule has 0 spiro atoms. The van der Waals surface area contributed by atoms with Crippen molar-refractivity contribution in [3.63, 3.8) is 0 Å². The van der Waals surface area contributed by atoms with Crippen molar-refractivity contribution in [2.24, 2.45) is 0 Å². The van der Waals surface area contributed by atoms with Crippen LogP contribution in [0, 0.1) is 12.7 Å². The van der Waals surface area contributed by atoms with E-state index in [0.717, 1.165) is 19.5 Å². The van der Waals surface area contributed by atoms with Crippen molar-refractivity contribution in [2.75, 3.05) is 30.3 Å². The summed E-state index contributed by atoms with van der Waals surface area (Å²) in [5, 5.41) is 3.41. The van der Waals surface area contributed by atoms with Crippen molar-refractivity contribution in [1.29, 1.82) is 0 Å². The Bertz CT molecular complexity index is 1030. The number of nitrogens with two attached hydrogens (primary N) is 1. The van der Waals surface area contributed by atoms with Crippen LogP contribution in [0.15, 0.2) is 30.3 Å². The number of amides is 1. The molecule has 3 aromatic rings. The zero-order chi connectivity index (χ0) is 20.4. The van der Waals surface area contributed by atoms with Crippen LogP contribution in [0.3, 0.4) is 0 Å². The van der Waals surface area contributed by atoms with Gasteiger partial charge in [0.15, 0.2) is 0 Å². The molecule has 4 rings (SSSR count). The van der Waals surface area contributed by atoms with Crippen LogP contribution in [0.25, 0.3) is 10.2 Å². The fourth-order valence-corrected chi connectivity index (χ4v) is 4.74. The number of thiophene rings is 1. The number of anilines is 2. The molecule has 0 unspecified atom stereocenters. The number of nitrogens with one attached hydrogen (secondary N) is 1. The Kier molecular flexibility index (Phi) is 5.67. The van der Waals surface area contributed by atoms with E-state index in [-0.39, 0.29) is 5.91 Å². The molecule has 1 aliphatic rings. The van der Waals surface area contributed by atoms with Crippen LogP contribution in [0.2, 0.25) is 0 Å². The van der Waals surface area contributed by atoms with Gasteiger partial charge in [0, 0.05) is 30.7 Å². The van der Waals surface area contributed by atoms with Crippen LogP contribution in [-0.2, 0) is 6.42 Å². The lowest BCUT2D eigenvalue weighted by Crippen LogP contribution is -2.29. The Balaban J connectivity index is 1.36. The van der Waals surface area contributed by atoms with E-state index in [4.69, 9.17) is 5.73 Å². The highest BCUT2D eigenvalue weighted by atomic mass is 32.1. The molecule has 5 nitrogen and oxygen atoms in total. The number of benzene rings is 1. The fourth-order valence-electron chi connectivity index (χ4n) is 3.70. The SMILES string of the molecule is Cc1nc2sc(C(=O)NCCc3ccc(N4CCCCC4)cc3)c(N)c2cc1F. The second-order valence-electron chi connectivity index (χ2n) is 7.47. The highest BCUT2D eigenvalue weighted by Crippen LogP contribution is 2.33. The molecule has 3 N–H and O–H groups in total. The van der Waals surface area contributed by atoms with E-state index in [2.05, 4.69) is 39.5 Å². The van der Waals surface area contributed by atoms with E-state index in [1.807, 2.05) is 0 Å². The third-order valence-electron chi connectivity index (χ3n) is 5.41. The summed E-state index contributed by atoms with van der Waals surface area (Å²) in [7, 11) is 0. The quantitative estimate of drug-likeness (QED) is 0.656. The van der Waals surface area contributed by atoms with Crippen LogP contribution in [0.4, 0.5) is 15.8 Å². The Labute approximate surface area is 173 Å². The van der Waals surface area contributed by atoms with E-state index in [1.165, 1.54) is 47.9 Å². The largest absolute Gasteiger partial charge is 0.397 e. The molecule has 0 radical (unpaired) electrons. The predicted octanol–water partition coefficient (Wildman–Crippen LogP) is 4.29.